The van der Waals surface area contributed by atoms with Gasteiger partial charge in [0.2, 0.25) is 0 Å². The number of hydrogen-bond acceptors (Lipinski definition) is 2. The van der Waals surface area contributed by atoms with Crippen LogP contribution in [0, 0.1) is 0 Å². The molecule has 50 valence electrons. The maximum atomic E-state index is 5.08. The molecule has 0 bridgehead atoms. The van der Waals surface area contributed by atoms with Crippen LogP contribution >= 0.6 is 12.6 Å². The second kappa shape index (κ2) is 2.06. The minimum atomic E-state index is 0.690. The highest BCUT2D eigenvalue weighted by Crippen LogP contribution is 2.22. The highest BCUT2D eigenvalue weighted by atomic mass is 32.1. The van der Waals surface area contributed by atoms with Gasteiger partial charge in [0.15, 0.2) is 5.09 Å². The second-order valence-corrected chi connectivity index (χ2v) is 2.53. The van der Waals surface area contributed by atoms with Gasteiger partial charge in [-0.05, 0) is 6.07 Å². The number of thiol groups is 1. The van der Waals surface area contributed by atoms with Crippen molar-refractivity contribution >= 4 is 23.4 Å². The van der Waals surface area contributed by atoms with Gasteiger partial charge in [0, 0.05) is 10.8 Å². The molecule has 1 aromatic heterocycles. The summed E-state index contributed by atoms with van der Waals surface area (Å²) in [5.41, 5.74) is 0. The van der Waals surface area contributed by atoms with Gasteiger partial charge in [-0.2, -0.15) is 0 Å². The van der Waals surface area contributed by atoms with Gasteiger partial charge in [0.1, 0.15) is 0 Å². The molecule has 1 nitrogen and oxygen atoms in total. The van der Waals surface area contributed by atoms with Crippen LogP contribution in [0.25, 0.3) is 10.8 Å². The Kier molecular flexibility index (Phi) is 1.21. The quantitative estimate of drug-likeness (QED) is 0.570. The zero-order valence-electron chi connectivity index (χ0n) is 5.24. The number of hydrogen-bond donors (Lipinski definition) is 1. The van der Waals surface area contributed by atoms with Crippen molar-refractivity contribution in [2.24, 2.45) is 0 Å². The van der Waals surface area contributed by atoms with Crippen LogP contribution in [0.1, 0.15) is 0 Å². The van der Waals surface area contributed by atoms with Crippen molar-refractivity contribution in [3.8, 4) is 0 Å². The van der Waals surface area contributed by atoms with Crippen molar-refractivity contribution in [3.05, 3.63) is 30.5 Å². The summed E-state index contributed by atoms with van der Waals surface area (Å²) in [5, 5.41) is 2.87. The van der Waals surface area contributed by atoms with Crippen molar-refractivity contribution in [1.82, 2.24) is 0 Å². The molecule has 0 radical (unpaired) electrons. The number of furan rings is 1. The zero-order chi connectivity index (χ0) is 6.97. The molecule has 0 unspecified atom stereocenters. The van der Waals surface area contributed by atoms with E-state index in [0.29, 0.717) is 5.09 Å². The molecule has 0 saturated carbocycles. The summed E-state index contributed by atoms with van der Waals surface area (Å²) in [6.07, 6.45) is 1.71. The molecule has 0 atom stereocenters. The Bertz CT molecular complexity index is 351. The Labute approximate surface area is 64.1 Å². The van der Waals surface area contributed by atoms with Crippen molar-refractivity contribution in [2.75, 3.05) is 0 Å². The summed E-state index contributed by atoms with van der Waals surface area (Å²) < 4.78 is 5.08. The van der Waals surface area contributed by atoms with Gasteiger partial charge in [0.05, 0.1) is 6.26 Å². The molecule has 0 aliphatic heterocycles. The normalized spacial score (nSPS) is 10.5. The highest BCUT2D eigenvalue weighted by Gasteiger charge is 1.98. The minimum absolute atomic E-state index is 0.690. The van der Waals surface area contributed by atoms with Crippen LogP contribution in [0.5, 0.6) is 0 Å². The number of rotatable bonds is 0. The first kappa shape index (κ1) is 5.86. The topological polar surface area (TPSA) is 13.1 Å². The van der Waals surface area contributed by atoms with Gasteiger partial charge >= 0.3 is 0 Å². The predicted molar refractivity (Wildman–Crippen MR) is 43.5 cm³/mol. The predicted octanol–water partition coefficient (Wildman–Crippen LogP) is 2.72. The van der Waals surface area contributed by atoms with Crippen LogP contribution in [0.3, 0.4) is 0 Å². The third kappa shape index (κ3) is 0.727. The van der Waals surface area contributed by atoms with Gasteiger partial charge < -0.3 is 4.42 Å². The molecule has 0 fully saturated rings. The summed E-state index contributed by atoms with van der Waals surface area (Å²) in [4.78, 5) is 0. The smallest absolute Gasteiger partial charge is 0.164 e. The molecule has 0 aliphatic rings. The lowest BCUT2D eigenvalue weighted by molar-refractivity contribution is 0.483. The maximum Gasteiger partial charge on any atom is 0.164 e. The zero-order valence-corrected chi connectivity index (χ0v) is 6.14. The van der Waals surface area contributed by atoms with Crippen molar-refractivity contribution in [3.63, 3.8) is 0 Å². The lowest BCUT2D eigenvalue weighted by atomic mass is 10.2. The van der Waals surface area contributed by atoms with Crippen LogP contribution in [-0.4, -0.2) is 0 Å². The standard InChI is InChI=1S/C8H6OS/c10-8-7-4-2-1-3-6(7)5-9-8/h1-5,10H. The average molecular weight is 150 g/mol. The summed E-state index contributed by atoms with van der Waals surface area (Å²) in [7, 11) is 0. The van der Waals surface area contributed by atoms with Gasteiger partial charge in [-0.1, -0.05) is 18.2 Å². The van der Waals surface area contributed by atoms with Gasteiger partial charge in [-0.25, -0.2) is 0 Å². The van der Waals surface area contributed by atoms with Crippen molar-refractivity contribution in [2.45, 2.75) is 5.09 Å². The number of benzene rings is 1. The molecular formula is C8H6OS. The fourth-order valence-electron chi connectivity index (χ4n) is 0.977. The molecule has 10 heavy (non-hydrogen) atoms. The maximum absolute atomic E-state index is 5.08. The first-order valence-corrected chi connectivity index (χ1v) is 3.48. The molecule has 2 rings (SSSR count). The van der Waals surface area contributed by atoms with Gasteiger partial charge in [-0.15, -0.1) is 12.6 Å². The summed E-state index contributed by atoms with van der Waals surface area (Å²) in [6.45, 7) is 0. The SMILES string of the molecule is Sc1occ2ccccc12. The van der Waals surface area contributed by atoms with Crippen LogP contribution in [0.4, 0.5) is 0 Å². The fourth-order valence-corrected chi connectivity index (χ4v) is 1.23. The van der Waals surface area contributed by atoms with Crippen LogP contribution < -0.4 is 0 Å². The van der Waals surface area contributed by atoms with Crippen LogP contribution in [0.15, 0.2) is 40.0 Å². The molecule has 0 N–H and O–H groups in total. The van der Waals surface area contributed by atoms with E-state index < -0.39 is 0 Å². The van der Waals surface area contributed by atoms with E-state index in [-0.39, 0.29) is 0 Å². The van der Waals surface area contributed by atoms with Gasteiger partial charge in [-0.3, -0.25) is 0 Å². The third-order valence-electron chi connectivity index (χ3n) is 1.49. The molecule has 0 spiro atoms. The molecular weight excluding hydrogens is 144 g/mol. The second-order valence-electron chi connectivity index (χ2n) is 2.13. The monoisotopic (exact) mass is 150 g/mol. The fraction of sp³-hybridized carbons (Fsp3) is 0. The first-order chi connectivity index (χ1) is 4.88. The Morgan fingerprint density at radius 1 is 1.20 bits per heavy atom. The molecule has 2 aromatic rings. The minimum Gasteiger partial charge on any atom is -0.457 e. The molecule has 2 heteroatoms. The molecule has 0 amide bonds. The van der Waals surface area contributed by atoms with E-state index in [4.69, 9.17) is 4.42 Å². The summed E-state index contributed by atoms with van der Waals surface area (Å²) in [5.74, 6) is 0. The lowest BCUT2D eigenvalue weighted by Crippen LogP contribution is -1.60. The summed E-state index contributed by atoms with van der Waals surface area (Å²) >= 11 is 4.13. The van der Waals surface area contributed by atoms with E-state index in [1.165, 1.54) is 0 Å². The molecule has 0 aliphatic carbocycles. The Balaban J connectivity index is 2.93. The van der Waals surface area contributed by atoms with Crippen molar-refractivity contribution < 1.29 is 4.42 Å². The van der Waals surface area contributed by atoms with Crippen LogP contribution in [0.2, 0.25) is 0 Å². The summed E-state index contributed by atoms with van der Waals surface area (Å²) in [6, 6.07) is 7.93. The van der Waals surface area contributed by atoms with E-state index in [9.17, 15) is 0 Å². The Morgan fingerprint density at radius 2 is 2.00 bits per heavy atom. The first-order valence-electron chi connectivity index (χ1n) is 3.03. The molecule has 1 heterocycles. The van der Waals surface area contributed by atoms with E-state index >= 15 is 0 Å². The highest BCUT2D eigenvalue weighted by molar-refractivity contribution is 7.80. The Morgan fingerprint density at radius 3 is 2.80 bits per heavy atom. The molecule has 1 aromatic carbocycles. The average Bonchev–Trinajstić information content (AvgIpc) is 2.34. The van der Waals surface area contributed by atoms with E-state index in [2.05, 4.69) is 12.6 Å². The Hall–Kier alpha value is -0.890. The third-order valence-corrected chi connectivity index (χ3v) is 1.84. The number of fused-ring (bicyclic) bond motifs is 1. The van der Waals surface area contributed by atoms with Crippen LogP contribution in [-0.2, 0) is 0 Å². The lowest BCUT2D eigenvalue weighted by Gasteiger charge is -1.84. The van der Waals surface area contributed by atoms with Gasteiger partial charge in [0.25, 0.3) is 0 Å². The van der Waals surface area contributed by atoms with E-state index in [1.54, 1.807) is 6.26 Å². The largest absolute Gasteiger partial charge is 0.457 e. The van der Waals surface area contributed by atoms with E-state index in [0.717, 1.165) is 10.8 Å². The molecule has 0 saturated heterocycles. The van der Waals surface area contributed by atoms with E-state index in [1.807, 2.05) is 24.3 Å². The van der Waals surface area contributed by atoms with Crippen molar-refractivity contribution in [1.29, 1.82) is 0 Å².